The molecule has 0 bridgehead atoms. The first-order valence-electron chi connectivity index (χ1n) is 7.93. The smallest absolute Gasteiger partial charge is 0.412 e. The molecule has 2 aromatic rings. The number of hydrogen-bond acceptors (Lipinski definition) is 3. The van der Waals surface area contributed by atoms with Gasteiger partial charge in [-0.3, -0.25) is 5.32 Å². The van der Waals surface area contributed by atoms with Gasteiger partial charge in [-0.25, -0.2) is 9.78 Å². The van der Waals surface area contributed by atoms with E-state index in [2.05, 4.69) is 31.1 Å². The highest BCUT2D eigenvalue weighted by Crippen LogP contribution is 2.19. The maximum Gasteiger partial charge on any atom is 0.412 e. The second kappa shape index (κ2) is 7.78. The standard InChI is InChI=1S/C18H24N2O2/c1-4-14(5-2)13(3)12-22-18(21)20-17-11-10-15-8-6-7-9-16(15)19-17/h6-11,13-14H,4-5,12H2,1-3H3,(H,19,20,21). The lowest BCUT2D eigenvalue weighted by Gasteiger charge is -2.20. The van der Waals surface area contributed by atoms with Crippen molar-refractivity contribution in [2.75, 3.05) is 11.9 Å². The van der Waals surface area contributed by atoms with Crippen LogP contribution in [0, 0.1) is 11.8 Å². The first-order valence-corrected chi connectivity index (χ1v) is 7.93. The summed E-state index contributed by atoms with van der Waals surface area (Å²) < 4.78 is 5.31. The third-order valence-electron chi connectivity index (χ3n) is 4.16. The number of amides is 1. The maximum atomic E-state index is 11.9. The minimum absolute atomic E-state index is 0.366. The zero-order valence-electron chi connectivity index (χ0n) is 13.5. The van der Waals surface area contributed by atoms with Gasteiger partial charge in [0.2, 0.25) is 0 Å². The van der Waals surface area contributed by atoms with Crippen LogP contribution >= 0.6 is 0 Å². The summed E-state index contributed by atoms with van der Waals surface area (Å²) in [6, 6.07) is 11.5. The van der Waals surface area contributed by atoms with Crippen LogP contribution < -0.4 is 5.32 Å². The SMILES string of the molecule is CCC(CC)C(C)COC(=O)Nc1ccc2ccccc2n1. The van der Waals surface area contributed by atoms with Gasteiger partial charge in [0.1, 0.15) is 5.82 Å². The van der Waals surface area contributed by atoms with Gasteiger partial charge in [-0.15, -0.1) is 0 Å². The molecule has 1 aromatic carbocycles. The minimum Gasteiger partial charge on any atom is -0.449 e. The van der Waals surface area contributed by atoms with Crippen LogP contribution in [0.4, 0.5) is 10.6 Å². The summed E-state index contributed by atoms with van der Waals surface area (Å²) >= 11 is 0. The Labute approximate surface area is 131 Å². The molecule has 2 rings (SSSR count). The average Bonchev–Trinajstić information content (AvgIpc) is 2.54. The molecule has 0 saturated heterocycles. The molecule has 1 atom stereocenters. The van der Waals surface area contributed by atoms with E-state index >= 15 is 0 Å². The van der Waals surface area contributed by atoms with Gasteiger partial charge >= 0.3 is 6.09 Å². The molecule has 1 N–H and O–H groups in total. The molecule has 4 heteroatoms. The number of pyridine rings is 1. The number of aromatic nitrogens is 1. The number of nitrogens with one attached hydrogen (secondary N) is 1. The number of anilines is 1. The summed E-state index contributed by atoms with van der Waals surface area (Å²) in [5.74, 6) is 1.47. The Morgan fingerprint density at radius 2 is 1.91 bits per heavy atom. The summed E-state index contributed by atoms with van der Waals surface area (Å²) in [7, 11) is 0. The van der Waals surface area contributed by atoms with Crippen molar-refractivity contribution in [1.29, 1.82) is 0 Å². The van der Waals surface area contributed by atoms with Gasteiger partial charge in [0, 0.05) is 5.39 Å². The Kier molecular flexibility index (Phi) is 5.75. The fraction of sp³-hybridized carbons (Fsp3) is 0.444. The van der Waals surface area contributed by atoms with E-state index in [4.69, 9.17) is 4.74 Å². The van der Waals surface area contributed by atoms with Crippen LogP contribution in [0.1, 0.15) is 33.6 Å². The van der Waals surface area contributed by atoms with E-state index in [0.717, 1.165) is 23.7 Å². The van der Waals surface area contributed by atoms with Crippen molar-refractivity contribution in [1.82, 2.24) is 4.98 Å². The highest BCUT2D eigenvalue weighted by atomic mass is 16.5. The largest absolute Gasteiger partial charge is 0.449 e. The molecular formula is C18H24N2O2. The van der Waals surface area contributed by atoms with Crippen molar-refractivity contribution in [2.24, 2.45) is 11.8 Å². The Bertz CT molecular complexity index is 623. The molecule has 1 aromatic heterocycles. The number of rotatable bonds is 6. The van der Waals surface area contributed by atoms with Crippen molar-refractivity contribution in [3.63, 3.8) is 0 Å². The number of para-hydroxylation sites is 1. The monoisotopic (exact) mass is 300 g/mol. The predicted molar refractivity (Wildman–Crippen MR) is 89.9 cm³/mol. The number of benzene rings is 1. The van der Waals surface area contributed by atoms with Gasteiger partial charge in [-0.1, -0.05) is 51.8 Å². The highest BCUT2D eigenvalue weighted by Gasteiger charge is 2.15. The molecule has 0 spiro atoms. The zero-order chi connectivity index (χ0) is 15.9. The minimum atomic E-state index is -0.444. The average molecular weight is 300 g/mol. The molecule has 22 heavy (non-hydrogen) atoms. The van der Waals surface area contributed by atoms with E-state index in [0.29, 0.717) is 24.3 Å². The Morgan fingerprint density at radius 3 is 2.64 bits per heavy atom. The third-order valence-corrected chi connectivity index (χ3v) is 4.16. The van der Waals surface area contributed by atoms with Crippen molar-refractivity contribution in [3.8, 4) is 0 Å². The fourth-order valence-electron chi connectivity index (χ4n) is 2.71. The van der Waals surface area contributed by atoms with Crippen LogP contribution in [0.15, 0.2) is 36.4 Å². The van der Waals surface area contributed by atoms with Crippen molar-refractivity contribution >= 4 is 22.8 Å². The van der Waals surface area contributed by atoms with E-state index in [1.165, 1.54) is 0 Å². The van der Waals surface area contributed by atoms with Crippen LogP contribution in [0.3, 0.4) is 0 Å². The zero-order valence-corrected chi connectivity index (χ0v) is 13.5. The Balaban J connectivity index is 1.90. The van der Waals surface area contributed by atoms with E-state index in [1.54, 1.807) is 6.07 Å². The molecule has 4 nitrogen and oxygen atoms in total. The molecule has 1 heterocycles. The lowest BCUT2D eigenvalue weighted by atomic mass is 9.90. The van der Waals surface area contributed by atoms with Crippen LogP contribution in [0.25, 0.3) is 10.9 Å². The third kappa shape index (κ3) is 4.20. The second-order valence-corrected chi connectivity index (χ2v) is 5.67. The Hall–Kier alpha value is -2.10. The highest BCUT2D eigenvalue weighted by molar-refractivity contribution is 5.86. The van der Waals surface area contributed by atoms with Crippen LogP contribution in [-0.4, -0.2) is 17.7 Å². The van der Waals surface area contributed by atoms with E-state index < -0.39 is 6.09 Å². The van der Waals surface area contributed by atoms with Gasteiger partial charge in [-0.2, -0.15) is 0 Å². The van der Waals surface area contributed by atoms with Crippen molar-refractivity contribution in [2.45, 2.75) is 33.6 Å². The number of carbonyl (C=O) groups excluding carboxylic acids is 1. The maximum absolute atomic E-state index is 11.9. The predicted octanol–water partition coefficient (Wildman–Crippen LogP) is 4.86. The summed E-state index contributed by atoms with van der Waals surface area (Å²) in [5, 5.41) is 3.74. The van der Waals surface area contributed by atoms with Gasteiger partial charge in [0.05, 0.1) is 12.1 Å². The van der Waals surface area contributed by atoms with Crippen LogP contribution in [0.5, 0.6) is 0 Å². The molecule has 1 unspecified atom stereocenters. The molecular weight excluding hydrogens is 276 g/mol. The lowest BCUT2D eigenvalue weighted by Crippen LogP contribution is -2.22. The Morgan fingerprint density at radius 1 is 1.18 bits per heavy atom. The number of carbonyl (C=O) groups is 1. The molecule has 1 amide bonds. The van der Waals surface area contributed by atoms with Gasteiger partial charge in [0.15, 0.2) is 0 Å². The fourth-order valence-corrected chi connectivity index (χ4v) is 2.71. The first kappa shape index (κ1) is 16.3. The van der Waals surface area contributed by atoms with Crippen LogP contribution in [-0.2, 0) is 4.74 Å². The van der Waals surface area contributed by atoms with Gasteiger partial charge in [-0.05, 0) is 30.0 Å². The van der Waals surface area contributed by atoms with Crippen LogP contribution in [0.2, 0.25) is 0 Å². The molecule has 0 aliphatic carbocycles. The molecule has 0 aliphatic rings. The van der Waals surface area contributed by atoms with E-state index in [1.807, 2.05) is 30.3 Å². The number of fused-ring (bicyclic) bond motifs is 1. The number of hydrogen-bond donors (Lipinski definition) is 1. The van der Waals surface area contributed by atoms with E-state index in [9.17, 15) is 4.79 Å². The quantitative estimate of drug-likeness (QED) is 0.829. The number of nitrogens with zero attached hydrogens (tertiary/aromatic N) is 1. The summed E-state index contributed by atoms with van der Waals surface area (Å²) in [6.45, 7) is 6.90. The second-order valence-electron chi connectivity index (χ2n) is 5.67. The molecule has 118 valence electrons. The van der Waals surface area contributed by atoms with Crippen molar-refractivity contribution < 1.29 is 9.53 Å². The van der Waals surface area contributed by atoms with Crippen molar-refractivity contribution in [3.05, 3.63) is 36.4 Å². The summed E-state index contributed by atoms with van der Waals surface area (Å²) in [6.07, 6.45) is 1.77. The number of ether oxygens (including phenoxy) is 1. The van der Waals surface area contributed by atoms with E-state index in [-0.39, 0.29) is 0 Å². The summed E-state index contributed by atoms with van der Waals surface area (Å²) in [4.78, 5) is 16.3. The lowest BCUT2D eigenvalue weighted by molar-refractivity contribution is 0.125. The van der Waals surface area contributed by atoms with Gasteiger partial charge < -0.3 is 4.74 Å². The molecule has 0 fully saturated rings. The summed E-state index contributed by atoms with van der Waals surface area (Å²) in [5.41, 5.74) is 0.852. The van der Waals surface area contributed by atoms with Gasteiger partial charge in [0.25, 0.3) is 0 Å². The normalized spacial score (nSPS) is 12.4. The topological polar surface area (TPSA) is 51.2 Å². The first-order chi connectivity index (χ1) is 10.6. The molecule has 0 saturated carbocycles. The molecule has 0 radical (unpaired) electrons. The molecule has 0 aliphatic heterocycles.